The van der Waals surface area contributed by atoms with Gasteiger partial charge >= 0.3 is 0 Å². The number of rotatable bonds is 2. The Morgan fingerprint density at radius 1 is 1.14 bits per heavy atom. The van der Waals surface area contributed by atoms with Gasteiger partial charge in [-0.2, -0.15) is 0 Å². The van der Waals surface area contributed by atoms with E-state index in [1.807, 2.05) is 27.7 Å². The summed E-state index contributed by atoms with van der Waals surface area (Å²) in [5.41, 5.74) is 1.72. The van der Waals surface area contributed by atoms with Crippen LogP contribution in [0.25, 0.3) is 0 Å². The summed E-state index contributed by atoms with van der Waals surface area (Å²) in [4.78, 5) is 10.7. The molecule has 0 saturated carbocycles. The third-order valence-electron chi connectivity index (χ3n) is 1.42. The third-order valence-corrected chi connectivity index (χ3v) is 1.42. The first-order valence-corrected chi connectivity index (χ1v) is 5.06. The number of amides is 1. The Kier molecular flexibility index (Phi) is 10.6. The standard InChI is InChI=1S/C8H9NO.2C2H6/c1-3-6-5-8(10)9-7(6)4-2;2*1-2/h3-4H,1-2,5H2,(H,9,10);2*1-2H3. The van der Waals surface area contributed by atoms with Gasteiger partial charge in [-0.1, -0.05) is 46.9 Å². The SMILES string of the molecule is C=CC1=C(C=C)NC(=O)C1.CC.CC. The van der Waals surface area contributed by atoms with Gasteiger partial charge in [0.05, 0.1) is 6.42 Å². The molecule has 1 heterocycles. The summed E-state index contributed by atoms with van der Waals surface area (Å²) in [7, 11) is 0. The van der Waals surface area contributed by atoms with Crippen LogP contribution in [0.15, 0.2) is 36.6 Å². The summed E-state index contributed by atoms with van der Waals surface area (Å²) in [5.74, 6) is 0.0183. The largest absolute Gasteiger partial charge is 0.326 e. The minimum Gasteiger partial charge on any atom is -0.326 e. The molecule has 1 rings (SSSR count). The molecular weight excluding hydrogens is 174 g/mol. The average molecular weight is 195 g/mol. The quantitative estimate of drug-likeness (QED) is 0.720. The molecule has 80 valence electrons. The molecule has 0 unspecified atom stereocenters. The maximum atomic E-state index is 10.7. The molecule has 0 atom stereocenters. The van der Waals surface area contributed by atoms with E-state index >= 15 is 0 Å². The van der Waals surface area contributed by atoms with Gasteiger partial charge in [0.2, 0.25) is 5.91 Å². The third kappa shape index (κ3) is 4.65. The molecule has 0 aliphatic carbocycles. The van der Waals surface area contributed by atoms with Crippen LogP contribution in [0.5, 0.6) is 0 Å². The zero-order chi connectivity index (χ0) is 11.6. The normalized spacial score (nSPS) is 13.0. The Bertz CT molecular complexity index is 204. The van der Waals surface area contributed by atoms with Gasteiger partial charge in [0.15, 0.2) is 0 Å². The first-order chi connectivity index (χ1) is 6.77. The van der Waals surface area contributed by atoms with E-state index in [0.717, 1.165) is 11.3 Å². The summed E-state index contributed by atoms with van der Waals surface area (Å²) >= 11 is 0. The van der Waals surface area contributed by atoms with Gasteiger partial charge in [-0.05, 0) is 11.6 Å². The highest BCUT2D eigenvalue weighted by Gasteiger charge is 2.15. The van der Waals surface area contributed by atoms with E-state index in [4.69, 9.17) is 0 Å². The van der Waals surface area contributed by atoms with Crippen molar-refractivity contribution in [3.63, 3.8) is 0 Å². The number of hydrogen-bond donors (Lipinski definition) is 1. The molecule has 0 bridgehead atoms. The van der Waals surface area contributed by atoms with Crippen LogP contribution in [0.1, 0.15) is 34.1 Å². The Morgan fingerprint density at radius 3 is 1.93 bits per heavy atom. The van der Waals surface area contributed by atoms with Crippen LogP contribution in [0, 0.1) is 0 Å². The van der Waals surface area contributed by atoms with Crippen LogP contribution in [0.2, 0.25) is 0 Å². The summed E-state index contributed by atoms with van der Waals surface area (Å²) < 4.78 is 0. The maximum Gasteiger partial charge on any atom is 0.228 e. The Morgan fingerprint density at radius 2 is 1.64 bits per heavy atom. The highest BCUT2D eigenvalue weighted by atomic mass is 16.1. The molecule has 0 aromatic rings. The number of nitrogens with one attached hydrogen (secondary N) is 1. The first kappa shape index (κ1) is 15.2. The summed E-state index contributed by atoms with van der Waals surface area (Å²) in [6, 6.07) is 0. The van der Waals surface area contributed by atoms with Crippen molar-refractivity contribution < 1.29 is 4.79 Å². The van der Waals surface area contributed by atoms with Gasteiger partial charge in [0.25, 0.3) is 0 Å². The van der Waals surface area contributed by atoms with Crippen molar-refractivity contribution >= 4 is 5.91 Å². The Hall–Kier alpha value is -1.31. The fourth-order valence-electron chi connectivity index (χ4n) is 0.907. The van der Waals surface area contributed by atoms with Gasteiger partial charge < -0.3 is 5.32 Å². The van der Waals surface area contributed by atoms with Gasteiger partial charge in [-0.15, -0.1) is 0 Å². The molecule has 2 heteroatoms. The van der Waals surface area contributed by atoms with Gasteiger partial charge in [0.1, 0.15) is 0 Å². The molecule has 0 radical (unpaired) electrons. The first-order valence-electron chi connectivity index (χ1n) is 5.06. The molecule has 0 fully saturated rings. The van der Waals surface area contributed by atoms with E-state index in [-0.39, 0.29) is 5.91 Å². The molecule has 1 aliphatic heterocycles. The Balaban J connectivity index is 0. The van der Waals surface area contributed by atoms with E-state index in [2.05, 4.69) is 18.5 Å². The average Bonchev–Trinajstić information content (AvgIpc) is 2.64. The highest BCUT2D eigenvalue weighted by molar-refractivity contribution is 5.85. The second-order valence-corrected chi connectivity index (χ2v) is 2.07. The monoisotopic (exact) mass is 195 g/mol. The van der Waals surface area contributed by atoms with Crippen molar-refractivity contribution in [2.24, 2.45) is 0 Å². The molecule has 1 aliphatic rings. The van der Waals surface area contributed by atoms with Crippen LogP contribution < -0.4 is 5.32 Å². The van der Waals surface area contributed by atoms with Crippen molar-refractivity contribution in [1.29, 1.82) is 0 Å². The Labute approximate surface area is 87.4 Å². The van der Waals surface area contributed by atoms with Crippen molar-refractivity contribution in [1.82, 2.24) is 5.32 Å². The predicted octanol–water partition coefficient (Wildman–Crippen LogP) is 3.18. The van der Waals surface area contributed by atoms with Crippen LogP contribution in [0.4, 0.5) is 0 Å². The minimum absolute atomic E-state index is 0.0183. The fraction of sp³-hybridized carbons (Fsp3) is 0.417. The zero-order valence-corrected chi connectivity index (χ0v) is 9.68. The zero-order valence-electron chi connectivity index (χ0n) is 9.68. The van der Waals surface area contributed by atoms with E-state index in [9.17, 15) is 4.79 Å². The molecule has 0 aromatic carbocycles. The van der Waals surface area contributed by atoms with E-state index < -0.39 is 0 Å². The minimum atomic E-state index is 0.0183. The van der Waals surface area contributed by atoms with Gasteiger partial charge in [-0.3, -0.25) is 4.79 Å². The lowest BCUT2D eigenvalue weighted by molar-refractivity contribution is -0.118. The van der Waals surface area contributed by atoms with Crippen LogP contribution in [-0.4, -0.2) is 5.91 Å². The molecule has 1 amide bonds. The van der Waals surface area contributed by atoms with Crippen LogP contribution in [-0.2, 0) is 4.79 Å². The number of allylic oxidation sites excluding steroid dienone is 2. The maximum absolute atomic E-state index is 10.7. The molecular formula is C12H21NO. The summed E-state index contributed by atoms with van der Waals surface area (Å²) in [6.45, 7) is 15.1. The second-order valence-electron chi connectivity index (χ2n) is 2.07. The molecule has 0 saturated heterocycles. The summed E-state index contributed by atoms with van der Waals surface area (Å²) in [5, 5.41) is 2.66. The lowest BCUT2D eigenvalue weighted by Crippen LogP contribution is -2.13. The number of carbonyl (C=O) groups is 1. The van der Waals surface area contributed by atoms with Crippen molar-refractivity contribution in [3.8, 4) is 0 Å². The van der Waals surface area contributed by atoms with Crippen molar-refractivity contribution in [2.75, 3.05) is 0 Å². The van der Waals surface area contributed by atoms with Gasteiger partial charge in [0, 0.05) is 5.70 Å². The fourth-order valence-corrected chi connectivity index (χ4v) is 0.907. The van der Waals surface area contributed by atoms with Crippen LogP contribution in [0.3, 0.4) is 0 Å². The molecule has 0 spiro atoms. The van der Waals surface area contributed by atoms with E-state index in [0.29, 0.717) is 6.42 Å². The van der Waals surface area contributed by atoms with E-state index in [1.54, 1.807) is 12.2 Å². The topological polar surface area (TPSA) is 29.1 Å². The molecule has 1 N–H and O–H groups in total. The van der Waals surface area contributed by atoms with Gasteiger partial charge in [-0.25, -0.2) is 0 Å². The number of carbonyl (C=O) groups excluding carboxylic acids is 1. The lowest BCUT2D eigenvalue weighted by Gasteiger charge is -1.92. The van der Waals surface area contributed by atoms with Crippen molar-refractivity contribution in [2.45, 2.75) is 34.1 Å². The lowest BCUT2D eigenvalue weighted by atomic mass is 10.2. The van der Waals surface area contributed by atoms with Crippen molar-refractivity contribution in [3.05, 3.63) is 36.6 Å². The summed E-state index contributed by atoms with van der Waals surface area (Å²) in [6.07, 6.45) is 3.74. The second kappa shape index (κ2) is 9.78. The smallest absolute Gasteiger partial charge is 0.228 e. The highest BCUT2D eigenvalue weighted by Crippen LogP contribution is 2.15. The van der Waals surface area contributed by atoms with Crippen LogP contribution >= 0.6 is 0 Å². The molecule has 14 heavy (non-hydrogen) atoms. The molecule has 2 nitrogen and oxygen atoms in total. The van der Waals surface area contributed by atoms with E-state index in [1.165, 1.54) is 0 Å². The predicted molar refractivity (Wildman–Crippen MR) is 62.9 cm³/mol. The molecule has 0 aromatic heterocycles. The number of hydrogen-bond acceptors (Lipinski definition) is 1.